The molecule has 1 saturated carbocycles. The molecule has 1 saturated heterocycles. The third-order valence-corrected chi connectivity index (χ3v) is 3.53. The van der Waals surface area contributed by atoms with Gasteiger partial charge in [0, 0.05) is 42.0 Å². The quantitative estimate of drug-likeness (QED) is 0.515. The van der Waals surface area contributed by atoms with Crippen LogP contribution >= 0.6 is 22.9 Å². The fourth-order valence-corrected chi connectivity index (χ4v) is 3.30. The number of nitrogens with two attached hydrogens (primary N) is 1. The zero-order valence-electron chi connectivity index (χ0n) is 5.96. The zero-order valence-corrected chi connectivity index (χ0v) is 8.12. The van der Waals surface area contributed by atoms with Crippen molar-refractivity contribution in [2.75, 3.05) is 13.1 Å². The lowest BCUT2D eigenvalue weighted by molar-refractivity contribution is 0.494. The number of halogens is 1. The fourth-order valence-electron chi connectivity index (χ4n) is 2.29. The van der Waals surface area contributed by atoms with Crippen molar-refractivity contribution >= 4 is 22.9 Å². The molecule has 2 rings (SSSR count). The van der Waals surface area contributed by atoms with Crippen LogP contribution in [0.2, 0.25) is 0 Å². The van der Waals surface area contributed by atoms with E-state index in [4.69, 9.17) is 5.73 Å². The van der Waals surface area contributed by atoms with E-state index in [0.29, 0.717) is 6.04 Å². The van der Waals surface area contributed by atoms with Crippen LogP contribution in [0.1, 0.15) is 12.8 Å². The second-order valence-electron chi connectivity index (χ2n) is 3.58. The van der Waals surface area contributed by atoms with Gasteiger partial charge < -0.3 is 5.73 Å². The van der Waals surface area contributed by atoms with Crippen LogP contribution in [-0.4, -0.2) is 22.2 Å². The Kier molecular flexibility index (Phi) is 1.90. The summed E-state index contributed by atoms with van der Waals surface area (Å²) in [6.07, 6.45) is 2.54. The Morgan fingerprint density at radius 3 is 2.20 bits per heavy atom. The average Bonchev–Trinajstić information content (AvgIpc) is 2.21. The molecule has 1 heterocycles. The Bertz CT molecular complexity index is 112. The van der Waals surface area contributed by atoms with E-state index in [1.807, 2.05) is 0 Å². The van der Waals surface area contributed by atoms with Gasteiger partial charge in [-0.15, -0.1) is 0 Å². The van der Waals surface area contributed by atoms with Crippen LogP contribution in [0.3, 0.4) is 0 Å². The molecule has 0 spiro atoms. The summed E-state index contributed by atoms with van der Waals surface area (Å²) in [7, 11) is 0. The Morgan fingerprint density at radius 2 is 1.70 bits per heavy atom. The monoisotopic (exact) mass is 252 g/mol. The molecular formula is C7H13IN2. The largest absolute Gasteiger partial charge is 0.328 e. The molecule has 0 bridgehead atoms. The highest BCUT2D eigenvalue weighted by Gasteiger charge is 2.38. The number of rotatable bonds is 0. The molecule has 0 radical (unpaired) electrons. The van der Waals surface area contributed by atoms with Crippen LogP contribution in [0.15, 0.2) is 0 Å². The zero-order chi connectivity index (χ0) is 7.14. The van der Waals surface area contributed by atoms with Crippen LogP contribution in [0.4, 0.5) is 0 Å². The first-order chi connectivity index (χ1) is 4.75. The van der Waals surface area contributed by atoms with E-state index in [1.165, 1.54) is 25.9 Å². The first kappa shape index (κ1) is 7.31. The molecule has 3 atom stereocenters. The van der Waals surface area contributed by atoms with Crippen molar-refractivity contribution in [1.82, 2.24) is 3.11 Å². The topological polar surface area (TPSA) is 29.3 Å². The first-order valence-corrected chi connectivity index (χ1v) is 4.88. The van der Waals surface area contributed by atoms with Crippen LogP contribution in [-0.2, 0) is 0 Å². The van der Waals surface area contributed by atoms with Gasteiger partial charge in [-0.3, -0.25) is 0 Å². The van der Waals surface area contributed by atoms with Gasteiger partial charge in [-0.05, 0) is 24.7 Å². The SMILES string of the molecule is N[C@H]1C[C@@H]2CN(I)C[C@@H]2C1. The van der Waals surface area contributed by atoms with Crippen molar-refractivity contribution in [3.8, 4) is 0 Å². The summed E-state index contributed by atoms with van der Waals surface area (Å²) in [4.78, 5) is 0. The molecule has 3 heteroatoms. The van der Waals surface area contributed by atoms with Gasteiger partial charge >= 0.3 is 0 Å². The molecule has 0 unspecified atom stereocenters. The number of hydrogen-bond acceptors (Lipinski definition) is 2. The minimum Gasteiger partial charge on any atom is -0.328 e. The average molecular weight is 252 g/mol. The van der Waals surface area contributed by atoms with E-state index >= 15 is 0 Å². The van der Waals surface area contributed by atoms with Crippen LogP contribution in [0.25, 0.3) is 0 Å². The van der Waals surface area contributed by atoms with Crippen molar-refractivity contribution in [3.63, 3.8) is 0 Å². The van der Waals surface area contributed by atoms with Crippen molar-refractivity contribution in [1.29, 1.82) is 0 Å². The molecule has 0 aromatic rings. The van der Waals surface area contributed by atoms with Gasteiger partial charge in [0.25, 0.3) is 0 Å². The van der Waals surface area contributed by atoms with Crippen LogP contribution in [0, 0.1) is 11.8 Å². The predicted molar refractivity (Wildman–Crippen MR) is 49.8 cm³/mol. The van der Waals surface area contributed by atoms with Crippen molar-refractivity contribution in [2.24, 2.45) is 17.6 Å². The third kappa shape index (κ3) is 1.19. The molecule has 2 aliphatic rings. The number of nitrogens with zero attached hydrogens (tertiary/aromatic N) is 1. The lowest BCUT2D eigenvalue weighted by Crippen LogP contribution is -2.19. The van der Waals surface area contributed by atoms with E-state index in [-0.39, 0.29) is 0 Å². The van der Waals surface area contributed by atoms with Gasteiger partial charge in [-0.1, -0.05) is 0 Å². The summed E-state index contributed by atoms with van der Waals surface area (Å²) in [6, 6.07) is 0.514. The second-order valence-corrected chi connectivity index (χ2v) is 4.94. The summed E-state index contributed by atoms with van der Waals surface area (Å²) in [5.74, 6) is 1.85. The van der Waals surface area contributed by atoms with Crippen LogP contribution < -0.4 is 5.73 Å². The number of hydrogen-bond donors (Lipinski definition) is 1. The highest BCUT2D eigenvalue weighted by molar-refractivity contribution is 14.1. The molecule has 1 aliphatic heterocycles. The second kappa shape index (κ2) is 2.60. The molecule has 10 heavy (non-hydrogen) atoms. The Hall–Kier alpha value is 0.650. The van der Waals surface area contributed by atoms with E-state index in [9.17, 15) is 0 Å². The third-order valence-electron chi connectivity index (χ3n) is 2.74. The first-order valence-electron chi connectivity index (χ1n) is 3.92. The lowest BCUT2D eigenvalue weighted by atomic mass is 10.0. The standard InChI is InChI=1S/C7H13IN2/c8-10-3-5-1-7(9)2-6(5)4-10/h5-7H,1-4,9H2/t5-,6+,7+. The maximum Gasteiger partial charge on any atom is 0.0201 e. The maximum atomic E-state index is 5.85. The van der Waals surface area contributed by atoms with Crippen molar-refractivity contribution in [2.45, 2.75) is 18.9 Å². The van der Waals surface area contributed by atoms with Crippen LogP contribution in [0.5, 0.6) is 0 Å². The molecule has 0 aromatic carbocycles. The lowest BCUT2D eigenvalue weighted by Gasteiger charge is -2.07. The maximum absolute atomic E-state index is 5.85. The highest BCUT2D eigenvalue weighted by Crippen LogP contribution is 2.38. The van der Waals surface area contributed by atoms with Gasteiger partial charge in [0.05, 0.1) is 0 Å². The van der Waals surface area contributed by atoms with E-state index in [1.54, 1.807) is 0 Å². The van der Waals surface area contributed by atoms with Gasteiger partial charge in [-0.25, -0.2) is 3.11 Å². The molecule has 0 amide bonds. The van der Waals surface area contributed by atoms with Gasteiger partial charge in [0.2, 0.25) is 0 Å². The smallest absolute Gasteiger partial charge is 0.0201 e. The summed E-state index contributed by atoms with van der Waals surface area (Å²) in [5.41, 5.74) is 5.85. The molecule has 0 aromatic heterocycles. The van der Waals surface area contributed by atoms with Gasteiger partial charge in [0.1, 0.15) is 0 Å². The molecule has 2 nitrogen and oxygen atoms in total. The summed E-state index contributed by atoms with van der Waals surface area (Å²) < 4.78 is 2.40. The fraction of sp³-hybridized carbons (Fsp3) is 1.00. The van der Waals surface area contributed by atoms with E-state index in [2.05, 4.69) is 26.0 Å². The molecule has 2 fully saturated rings. The summed E-state index contributed by atoms with van der Waals surface area (Å²) in [6.45, 7) is 2.55. The Labute approximate surface area is 75.6 Å². The Morgan fingerprint density at radius 1 is 1.20 bits per heavy atom. The molecule has 58 valence electrons. The summed E-state index contributed by atoms with van der Waals surface area (Å²) in [5, 5.41) is 0. The van der Waals surface area contributed by atoms with Crippen molar-refractivity contribution in [3.05, 3.63) is 0 Å². The molecule has 1 aliphatic carbocycles. The van der Waals surface area contributed by atoms with Gasteiger partial charge in [0.15, 0.2) is 0 Å². The van der Waals surface area contributed by atoms with Crippen molar-refractivity contribution < 1.29 is 0 Å². The predicted octanol–water partition coefficient (Wildman–Crippen LogP) is 1.01. The minimum absolute atomic E-state index is 0.514. The summed E-state index contributed by atoms with van der Waals surface area (Å²) >= 11 is 2.42. The minimum atomic E-state index is 0.514. The Balaban J connectivity index is 2.00. The molecular weight excluding hydrogens is 239 g/mol. The molecule has 2 N–H and O–H groups in total. The highest BCUT2D eigenvalue weighted by atomic mass is 127. The van der Waals surface area contributed by atoms with Gasteiger partial charge in [-0.2, -0.15) is 0 Å². The van der Waals surface area contributed by atoms with E-state index < -0.39 is 0 Å². The number of fused-ring (bicyclic) bond motifs is 1. The van der Waals surface area contributed by atoms with E-state index in [0.717, 1.165) is 11.8 Å². The normalized spacial score (nSPS) is 48.0.